The fraction of sp³-hybridized carbons (Fsp3) is 0.520. The molecular formula is C25H31ClO7. The van der Waals surface area contributed by atoms with Crippen molar-refractivity contribution in [2.24, 2.45) is 0 Å². The van der Waals surface area contributed by atoms with Gasteiger partial charge >= 0.3 is 0 Å². The van der Waals surface area contributed by atoms with Crippen LogP contribution in [-0.2, 0) is 15.9 Å². The second-order valence-corrected chi connectivity index (χ2v) is 9.48. The fourth-order valence-corrected chi connectivity index (χ4v) is 4.16. The van der Waals surface area contributed by atoms with Gasteiger partial charge in [-0.3, -0.25) is 0 Å². The predicted octanol–water partition coefficient (Wildman–Crippen LogP) is 2.39. The molecule has 7 nitrogen and oxygen atoms in total. The number of aliphatic hydroxyl groups is 4. The summed E-state index contributed by atoms with van der Waals surface area (Å²) in [6.07, 6.45) is -3.23. The standard InChI is InChI=1S/C25H31ClO7/c1-25(8-9-25)32-11-10-31-18-5-2-15(3-6-18)12-17-13-16(4-7-19(17)26)24-23(30)22(29)21(28)20(14-27)33-24/h2-7,13,20-24,27-30H,8-12,14H2,1H3/t20-,21-,22+,23-,24+/m1/s1. The molecule has 1 saturated heterocycles. The summed E-state index contributed by atoms with van der Waals surface area (Å²) < 4.78 is 17.2. The van der Waals surface area contributed by atoms with E-state index in [1.165, 1.54) is 0 Å². The van der Waals surface area contributed by atoms with Crippen molar-refractivity contribution in [2.45, 2.75) is 62.3 Å². The van der Waals surface area contributed by atoms with E-state index in [1.54, 1.807) is 12.1 Å². The predicted molar refractivity (Wildman–Crippen MR) is 123 cm³/mol. The van der Waals surface area contributed by atoms with Gasteiger partial charge in [0.1, 0.15) is 42.9 Å². The Morgan fingerprint density at radius 1 is 1.00 bits per heavy atom. The molecule has 4 N–H and O–H groups in total. The summed E-state index contributed by atoms with van der Waals surface area (Å²) in [5.41, 5.74) is 2.51. The number of hydrogen-bond donors (Lipinski definition) is 4. The molecule has 1 aliphatic carbocycles. The first kappa shape index (κ1) is 24.4. The molecule has 4 rings (SSSR count). The van der Waals surface area contributed by atoms with Crippen LogP contribution >= 0.6 is 11.6 Å². The van der Waals surface area contributed by atoms with Crippen LogP contribution in [0.4, 0.5) is 0 Å². The van der Waals surface area contributed by atoms with Crippen molar-refractivity contribution in [1.82, 2.24) is 0 Å². The lowest BCUT2D eigenvalue weighted by Crippen LogP contribution is -2.55. The lowest BCUT2D eigenvalue weighted by Gasteiger charge is -2.40. The van der Waals surface area contributed by atoms with Gasteiger partial charge in [0.2, 0.25) is 0 Å². The van der Waals surface area contributed by atoms with E-state index >= 15 is 0 Å². The van der Waals surface area contributed by atoms with E-state index in [1.807, 2.05) is 30.3 Å². The van der Waals surface area contributed by atoms with Crippen LogP contribution in [0.15, 0.2) is 42.5 Å². The van der Waals surface area contributed by atoms with E-state index in [0.717, 1.165) is 29.7 Å². The van der Waals surface area contributed by atoms with Gasteiger partial charge in [0.15, 0.2) is 0 Å². The molecule has 2 aromatic carbocycles. The Balaban J connectivity index is 1.39. The minimum Gasteiger partial charge on any atom is -0.491 e. The van der Waals surface area contributed by atoms with E-state index in [4.69, 9.17) is 25.8 Å². The number of hydrogen-bond acceptors (Lipinski definition) is 7. The maximum absolute atomic E-state index is 10.4. The first-order valence-electron chi connectivity index (χ1n) is 11.2. The molecule has 1 heterocycles. The van der Waals surface area contributed by atoms with Gasteiger partial charge in [-0.25, -0.2) is 0 Å². The van der Waals surface area contributed by atoms with Crippen molar-refractivity contribution in [3.05, 3.63) is 64.2 Å². The average Bonchev–Trinajstić information content (AvgIpc) is 3.55. The molecule has 0 radical (unpaired) electrons. The van der Waals surface area contributed by atoms with Crippen LogP contribution in [0, 0.1) is 0 Å². The SMILES string of the molecule is CC1(OCCOc2ccc(Cc3cc([C@@H]4O[C@H](CO)[C@@H](O)[C@H](O)[C@H]4O)ccc3Cl)cc2)CC1. The van der Waals surface area contributed by atoms with Crippen LogP contribution in [0.5, 0.6) is 5.75 Å². The molecule has 1 aliphatic heterocycles. The molecule has 1 saturated carbocycles. The molecule has 2 aliphatic rings. The van der Waals surface area contributed by atoms with Gasteiger partial charge in [0, 0.05) is 5.02 Å². The molecule has 0 aromatic heterocycles. The molecule has 0 amide bonds. The Kier molecular flexibility index (Phi) is 7.60. The maximum Gasteiger partial charge on any atom is 0.119 e. The van der Waals surface area contributed by atoms with Gasteiger partial charge in [-0.2, -0.15) is 0 Å². The molecular weight excluding hydrogens is 448 g/mol. The number of rotatable bonds is 9. The lowest BCUT2D eigenvalue weighted by atomic mass is 9.90. The zero-order chi connectivity index (χ0) is 23.6. The highest BCUT2D eigenvalue weighted by Crippen LogP contribution is 2.38. The van der Waals surface area contributed by atoms with Crippen LogP contribution in [0.25, 0.3) is 0 Å². The monoisotopic (exact) mass is 478 g/mol. The maximum atomic E-state index is 10.4. The Hall–Kier alpha value is -1.71. The van der Waals surface area contributed by atoms with Crippen molar-refractivity contribution in [2.75, 3.05) is 19.8 Å². The zero-order valence-electron chi connectivity index (χ0n) is 18.6. The van der Waals surface area contributed by atoms with Crippen LogP contribution in [0.3, 0.4) is 0 Å². The van der Waals surface area contributed by atoms with E-state index < -0.39 is 37.1 Å². The van der Waals surface area contributed by atoms with Gasteiger partial charge < -0.3 is 34.6 Å². The topological polar surface area (TPSA) is 109 Å². The Morgan fingerprint density at radius 3 is 2.39 bits per heavy atom. The van der Waals surface area contributed by atoms with Crippen molar-refractivity contribution in [1.29, 1.82) is 0 Å². The third-order valence-electron chi connectivity index (χ3n) is 6.37. The second-order valence-electron chi connectivity index (χ2n) is 9.07. The number of benzene rings is 2. The Labute approximate surface area is 198 Å². The molecule has 0 unspecified atom stereocenters. The van der Waals surface area contributed by atoms with Crippen LogP contribution < -0.4 is 4.74 Å². The van der Waals surface area contributed by atoms with Crippen LogP contribution in [0.2, 0.25) is 5.02 Å². The van der Waals surface area contributed by atoms with Gasteiger partial charge in [0.25, 0.3) is 0 Å². The molecule has 2 aromatic rings. The van der Waals surface area contributed by atoms with E-state index in [0.29, 0.717) is 30.2 Å². The summed E-state index contributed by atoms with van der Waals surface area (Å²) in [4.78, 5) is 0. The molecule has 33 heavy (non-hydrogen) atoms. The minimum atomic E-state index is -1.43. The van der Waals surface area contributed by atoms with Gasteiger partial charge in [-0.15, -0.1) is 0 Å². The highest BCUT2D eigenvalue weighted by atomic mass is 35.5. The highest BCUT2D eigenvalue weighted by molar-refractivity contribution is 6.31. The smallest absolute Gasteiger partial charge is 0.119 e. The van der Waals surface area contributed by atoms with Crippen molar-refractivity contribution >= 4 is 11.6 Å². The van der Waals surface area contributed by atoms with Crippen LogP contribution in [0.1, 0.15) is 42.6 Å². The summed E-state index contributed by atoms with van der Waals surface area (Å²) in [5.74, 6) is 0.768. The van der Waals surface area contributed by atoms with E-state index in [9.17, 15) is 20.4 Å². The molecule has 2 fully saturated rings. The van der Waals surface area contributed by atoms with Gasteiger partial charge in [0.05, 0.1) is 18.8 Å². The summed E-state index contributed by atoms with van der Waals surface area (Å²) in [6, 6.07) is 13.0. The summed E-state index contributed by atoms with van der Waals surface area (Å²) in [6.45, 7) is 2.71. The molecule has 180 valence electrons. The van der Waals surface area contributed by atoms with E-state index in [2.05, 4.69) is 6.92 Å². The van der Waals surface area contributed by atoms with Crippen molar-refractivity contribution < 1.29 is 34.6 Å². The Morgan fingerprint density at radius 2 is 1.73 bits per heavy atom. The molecule has 0 spiro atoms. The Bertz CT molecular complexity index is 929. The van der Waals surface area contributed by atoms with Crippen LogP contribution in [-0.4, -0.2) is 70.3 Å². The second kappa shape index (κ2) is 10.3. The quantitative estimate of drug-likeness (QED) is 0.410. The number of ether oxygens (including phenoxy) is 3. The third kappa shape index (κ3) is 5.87. The molecule has 5 atom stereocenters. The zero-order valence-corrected chi connectivity index (χ0v) is 19.3. The third-order valence-corrected chi connectivity index (χ3v) is 6.73. The lowest BCUT2D eigenvalue weighted by molar-refractivity contribution is -0.231. The number of aliphatic hydroxyl groups excluding tert-OH is 4. The van der Waals surface area contributed by atoms with E-state index in [-0.39, 0.29) is 5.60 Å². The van der Waals surface area contributed by atoms with Gasteiger partial charge in [-0.05, 0) is 61.1 Å². The summed E-state index contributed by atoms with van der Waals surface area (Å²) >= 11 is 6.42. The van der Waals surface area contributed by atoms with Crippen molar-refractivity contribution in [3.8, 4) is 5.75 Å². The molecule has 8 heteroatoms. The summed E-state index contributed by atoms with van der Waals surface area (Å²) in [7, 11) is 0. The first-order valence-corrected chi connectivity index (χ1v) is 11.6. The number of halogens is 1. The normalized spacial score (nSPS) is 28.5. The molecule has 0 bridgehead atoms. The minimum absolute atomic E-state index is 0.0522. The fourth-order valence-electron chi connectivity index (χ4n) is 3.98. The summed E-state index contributed by atoms with van der Waals surface area (Å²) in [5, 5.41) is 40.5. The largest absolute Gasteiger partial charge is 0.491 e. The first-order chi connectivity index (χ1) is 15.8. The average molecular weight is 479 g/mol. The van der Waals surface area contributed by atoms with Crippen molar-refractivity contribution in [3.63, 3.8) is 0 Å². The highest BCUT2D eigenvalue weighted by Gasteiger charge is 2.44. The van der Waals surface area contributed by atoms with Gasteiger partial charge in [-0.1, -0.05) is 35.9 Å².